The number of rotatable bonds is 7. The van der Waals surface area contributed by atoms with E-state index >= 15 is 0 Å². The lowest BCUT2D eigenvalue weighted by Crippen LogP contribution is -2.28. The lowest BCUT2D eigenvalue weighted by molar-refractivity contribution is 0.648. The van der Waals surface area contributed by atoms with Crippen LogP contribution in [0.2, 0.25) is 0 Å². The first-order valence-electron chi connectivity index (χ1n) is 24.5. The van der Waals surface area contributed by atoms with E-state index in [0.29, 0.717) is 0 Å². The van der Waals surface area contributed by atoms with E-state index in [9.17, 15) is 0 Å². The second kappa shape index (κ2) is 15.2. The van der Waals surface area contributed by atoms with Gasteiger partial charge in [0.25, 0.3) is 0 Å². The third-order valence-electron chi connectivity index (χ3n) is 15.6. The number of furan rings is 2. The van der Waals surface area contributed by atoms with Crippen molar-refractivity contribution in [3.63, 3.8) is 0 Å². The fourth-order valence-electron chi connectivity index (χ4n) is 12.9. The van der Waals surface area contributed by atoms with Gasteiger partial charge >= 0.3 is 0 Å². The van der Waals surface area contributed by atoms with Crippen molar-refractivity contribution in [3.8, 4) is 22.3 Å². The van der Waals surface area contributed by atoms with Gasteiger partial charge in [-0.25, -0.2) is 0 Å². The van der Waals surface area contributed by atoms with Gasteiger partial charge in [0, 0.05) is 27.4 Å². The lowest BCUT2D eigenvalue weighted by Gasteiger charge is -2.35. The van der Waals surface area contributed by atoms with Crippen molar-refractivity contribution < 1.29 is 8.83 Å². The molecular weight excluding hydrogens is 863 g/mol. The zero-order valence-corrected chi connectivity index (χ0v) is 38.6. The van der Waals surface area contributed by atoms with Crippen molar-refractivity contribution in [1.29, 1.82) is 0 Å². The highest BCUT2D eigenvalue weighted by atomic mass is 16.3. The average molecular weight is 906 g/mol. The molecule has 2 aromatic heterocycles. The van der Waals surface area contributed by atoms with Crippen molar-refractivity contribution >= 4 is 60.9 Å². The molecule has 2 heterocycles. The molecule has 0 radical (unpaired) electrons. The Hall–Kier alpha value is -9.18. The molecule has 0 saturated heterocycles. The molecule has 11 aromatic carbocycles. The van der Waals surface area contributed by atoms with E-state index in [4.69, 9.17) is 8.83 Å². The topological polar surface area (TPSA) is 29.5 Å². The molecule has 332 valence electrons. The minimum absolute atomic E-state index is 0.593. The summed E-state index contributed by atoms with van der Waals surface area (Å²) in [7, 11) is 0. The Labute approximate surface area is 411 Å². The van der Waals surface area contributed by atoms with E-state index in [-0.39, 0.29) is 0 Å². The van der Waals surface area contributed by atoms with Crippen LogP contribution in [0.15, 0.2) is 270 Å². The normalized spacial score (nSPS) is 13.9. The summed E-state index contributed by atoms with van der Waals surface area (Å²) in [6, 6.07) is 95.1. The van der Waals surface area contributed by atoms with Crippen molar-refractivity contribution in [2.24, 2.45) is 0 Å². The molecule has 0 atom stereocenters. The van der Waals surface area contributed by atoms with Gasteiger partial charge in [0.05, 0.1) is 27.6 Å². The first-order chi connectivity index (χ1) is 35.2. The summed E-state index contributed by atoms with van der Waals surface area (Å²) >= 11 is 0. The summed E-state index contributed by atoms with van der Waals surface area (Å²) in [6.45, 7) is 0. The van der Waals surface area contributed by atoms with Gasteiger partial charge in [-0.1, -0.05) is 224 Å². The summed E-state index contributed by atoms with van der Waals surface area (Å²) < 4.78 is 14.3. The van der Waals surface area contributed by atoms with E-state index in [1.54, 1.807) is 0 Å². The molecule has 3 nitrogen and oxygen atoms in total. The van der Waals surface area contributed by atoms with Crippen LogP contribution in [0.3, 0.4) is 0 Å². The Morgan fingerprint density at radius 1 is 0.282 bits per heavy atom. The summed E-state index contributed by atoms with van der Waals surface area (Å²) in [5, 5.41) is 4.22. The molecule has 0 unspecified atom stereocenters. The SMILES string of the molecule is c1ccc(C2(c3ccccc3)c3ccccc3-c3ccc(N(c4cccc5c4oc4ccccc45)c4cccc5oc6c(C7(c8ccccc8)c8ccccc8-c8ccccc87)cccc6c45)cc32)cc1. The number of anilines is 3. The molecular formula is C68H43NO2. The quantitative estimate of drug-likeness (QED) is 0.160. The smallest absolute Gasteiger partial charge is 0.159 e. The van der Waals surface area contributed by atoms with E-state index < -0.39 is 10.8 Å². The second-order valence-electron chi connectivity index (χ2n) is 19.0. The van der Waals surface area contributed by atoms with E-state index in [1.165, 1.54) is 61.2 Å². The predicted molar refractivity (Wildman–Crippen MR) is 290 cm³/mol. The Morgan fingerprint density at radius 3 is 1.39 bits per heavy atom. The van der Waals surface area contributed by atoms with Crippen LogP contribution in [0.5, 0.6) is 0 Å². The maximum absolute atomic E-state index is 7.39. The summed E-state index contributed by atoms with van der Waals surface area (Å²) in [5.41, 5.74) is 19.8. The Morgan fingerprint density at radius 2 is 0.732 bits per heavy atom. The van der Waals surface area contributed by atoms with Gasteiger partial charge in [0.1, 0.15) is 16.7 Å². The molecule has 71 heavy (non-hydrogen) atoms. The number of benzene rings is 11. The predicted octanol–water partition coefficient (Wildman–Crippen LogP) is 17.7. The van der Waals surface area contributed by atoms with Crippen molar-refractivity contribution in [2.75, 3.05) is 4.90 Å². The van der Waals surface area contributed by atoms with Crippen LogP contribution < -0.4 is 4.90 Å². The van der Waals surface area contributed by atoms with Gasteiger partial charge in [0.15, 0.2) is 5.58 Å². The third-order valence-corrected chi connectivity index (χ3v) is 15.6. The molecule has 0 aliphatic heterocycles. The van der Waals surface area contributed by atoms with Crippen LogP contribution in [-0.2, 0) is 10.8 Å². The first kappa shape index (κ1) is 39.8. The highest BCUT2D eigenvalue weighted by Gasteiger charge is 2.49. The van der Waals surface area contributed by atoms with E-state index in [2.05, 4.69) is 260 Å². The number of para-hydroxylation sites is 3. The molecule has 2 aliphatic carbocycles. The molecule has 2 aliphatic rings. The van der Waals surface area contributed by atoms with E-state index in [1.807, 2.05) is 6.07 Å². The molecule has 0 N–H and O–H groups in total. The van der Waals surface area contributed by atoms with Gasteiger partial charge in [-0.05, 0) is 97.6 Å². The van der Waals surface area contributed by atoms with Gasteiger partial charge in [-0.15, -0.1) is 0 Å². The maximum Gasteiger partial charge on any atom is 0.159 e. The minimum atomic E-state index is -0.644. The summed E-state index contributed by atoms with van der Waals surface area (Å²) in [4.78, 5) is 2.42. The molecule has 0 fully saturated rings. The number of hydrogen-bond acceptors (Lipinski definition) is 3. The van der Waals surface area contributed by atoms with Gasteiger partial charge < -0.3 is 13.7 Å². The maximum atomic E-state index is 7.39. The van der Waals surface area contributed by atoms with Gasteiger partial charge in [0.2, 0.25) is 0 Å². The molecule has 0 bridgehead atoms. The lowest BCUT2D eigenvalue weighted by atomic mass is 9.67. The Bertz CT molecular complexity index is 4160. The number of hydrogen-bond donors (Lipinski definition) is 0. The summed E-state index contributed by atoms with van der Waals surface area (Å²) in [5.74, 6) is 0. The molecule has 3 heteroatoms. The number of nitrogens with zero attached hydrogens (tertiary/aromatic N) is 1. The van der Waals surface area contributed by atoms with Crippen molar-refractivity contribution in [2.45, 2.75) is 10.8 Å². The Kier molecular flexibility index (Phi) is 8.49. The number of fused-ring (bicyclic) bond motifs is 12. The van der Waals surface area contributed by atoms with Crippen LogP contribution in [-0.4, -0.2) is 0 Å². The van der Waals surface area contributed by atoms with E-state index in [0.717, 1.165) is 66.5 Å². The molecule has 0 spiro atoms. The molecule has 0 saturated carbocycles. The van der Waals surface area contributed by atoms with Crippen molar-refractivity contribution in [1.82, 2.24) is 0 Å². The fourth-order valence-corrected chi connectivity index (χ4v) is 12.9. The van der Waals surface area contributed by atoms with Gasteiger partial charge in [-0.2, -0.15) is 0 Å². The zero-order chi connectivity index (χ0) is 46.7. The van der Waals surface area contributed by atoms with Crippen LogP contribution >= 0.6 is 0 Å². The largest absolute Gasteiger partial charge is 0.456 e. The van der Waals surface area contributed by atoms with Crippen molar-refractivity contribution in [3.05, 3.63) is 305 Å². The second-order valence-corrected chi connectivity index (χ2v) is 19.0. The highest BCUT2D eigenvalue weighted by molar-refractivity contribution is 6.17. The highest BCUT2D eigenvalue weighted by Crippen LogP contribution is 2.60. The van der Waals surface area contributed by atoms with Crippen LogP contribution in [0, 0.1) is 0 Å². The van der Waals surface area contributed by atoms with Crippen LogP contribution in [0.25, 0.3) is 66.1 Å². The monoisotopic (exact) mass is 905 g/mol. The standard InChI is InChI=1S/C68H43NO2/c1-4-21-44(22-5-1)67(45-23-6-2-7-24-45)55-33-14-10-29-50(55)51-42-41-47(43-59(51)67)69(61-38-19-31-53-52-30-13-17-39-62(52)70-66(53)61)60-37-20-40-63-64(60)54-32-18-36-58(65(54)71-63)68(46-25-8-3-9-26-46)56-34-15-11-27-48(56)49-28-12-16-35-57(49)68/h1-43H. The minimum Gasteiger partial charge on any atom is -0.456 e. The average Bonchev–Trinajstić information content (AvgIpc) is 4.19. The van der Waals surface area contributed by atoms with Gasteiger partial charge in [-0.3, -0.25) is 0 Å². The molecule has 0 amide bonds. The fraction of sp³-hybridized carbons (Fsp3) is 0.0294. The van der Waals surface area contributed by atoms with Crippen LogP contribution in [0.1, 0.15) is 44.5 Å². The molecule has 15 rings (SSSR count). The zero-order valence-electron chi connectivity index (χ0n) is 38.6. The first-order valence-corrected chi connectivity index (χ1v) is 24.5. The Balaban J connectivity index is 1.04. The summed E-state index contributed by atoms with van der Waals surface area (Å²) in [6.07, 6.45) is 0. The molecule has 13 aromatic rings. The third kappa shape index (κ3) is 5.38. The van der Waals surface area contributed by atoms with Crippen LogP contribution in [0.4, 0.5) is 17.1 Å².